The molecule has 16 heavy (non-hydrogen) atoms. The molecule has 88 valence electrons. The van der Waals surface area contributed by atoms with E-state index in [0.717, 1.165) is 18.7 Å². The third-order valence-electron chi connectivity index (χ3n) is 2.29. The van der Waals surface area contributed by atoms with E-state index in [-0.39, 0.29) is 5.91 Å². The second-order valence-electron chi connectivity index (χ2n) is 3.53. The first kappa shape index (κ1) is 13.1. The largest absolute Gasteiger partial charge is 0.356 e. The topological polar surface area (TPSA) is 29.1 Å². The molecule has 0 spiro atoms. The Morgan fingerprint density at radius 1 is 1.25 bits per heavy atom. The Labute approximate surface area is 102 Å². The van der Waals surface area contributed by atoms with Gasteiger partial charge < -0.3 is 5.32 Å². The molecule has 1 N–H and O–H groups in total. The Morgan fingerprint density at radius 3 is 2.50 bits per heavy atom. The van der Waals surface area contributed by atoms with Crippen molar-refractivity contribution in [2.75, 3.05) is 12.3 Å². The van der Waals surface area contributed by atoms with E-state index >= 15 is 0 Å². The maximum atomic E-state index is 11.0. The summed E-state index contributed by atoms with van der Waals surface area (Å²) < 4.78 is 0. The van der Waals surface area contributed by atoms with Crippen LogP contribution in [-0.2, 0) is 11.2 Å². The Kier molecular flexibility index (Phi) is 6.01. The van der Waals surface area contributed by atoms with Gasteiger partial charge in [0.05, 0.1) is 0 Å². The summed E-state index contributed by atoms with van der Waals surface area (Å²) >= 11 is 1.85. The third-order valence-corrected chi connectivity index (χ3v) is 3.19. The Balaban J connectivity index is 2.34. The van der Waals surface area contributed by atoms with Crippen molar-refractivity contribution in [2.24, 2.45) is 0 Å². The fraction of sp³-hybridized carbons (Fsp3) is 0.462. The average molecular weight is 237 g/mol. The Hall–Kier alpha value is -0.960. The van der Waals surface area contributed by atoms with Crippen LogP contribution in [0, 0.1) is 0 Å². The summed E-state index contributed by atoms with van der Waals surface area (Å²) in [6, 6.07) is 8.56. The van der Waals surface area contributed by atoms with Crippen LogP contribution in [0.3, 0.4) is 0 Å². The molecule has 1 rings (SSSR count). The van der Waals surface area contributed by atoms with Gasteiger partial charge in [0.1, 0.15) is 0 Å². The maximum absolute atomic E-state index is 11.0. The predicted molar refractivity (Wildman–Crippen MR) is 69.8 cm³/mol. The molecule has 0 atom stereocenters. The summed E-state index contributed by atoms with van der Waals surface area (Å²) in [5.74, 6) is 1.23. The monoisotopic (exact) mass is 237 g/mol. The van der Waals surface area contributed by atoms with Gasteiger partial charge in [-0.05, 0) is 29.9 Å². The first-order chi connectivity index (χ1) is 7.76. The fourth-order valence-corrected chi connectivity index (χ4v) is 2.05. The van der Waals surface area contributed by atoms with Gasteiger partial charge in [-0.25, -0.2) is 0 Å². The molecule has 0 heterocycles. The summed E-state index contributed by atoms with van der Waals surface area (Å²) in [5, 5.41) is 2.88. The van der Waals surface area contributed by atoms with Gasteiger partial charge in [0.25, 0.3) is 0 Å². The van der Waals surface area contributed by atoms with Crippen LogP contribution in [0.15, 0.2) is 29.2 Å². The lowest BCUT2D eigenvalue weighted by Gasteiger charge is -2.04. The van der Waals surface area contributed by atoms with Gasteiger partial charge in [0.15, 0.2) is 0 Å². The number of nitrogens with one attached hydrogen (secondary N) is 1. The molecular weight excluding hydrogens is 218 g/mol. The van der Waals surface area contributed by atoms with E-state index in [1.165, 1.54) is 10.5 Å². The second-order valence-corrected chi connectivity index (χ2v) is 4.87. The summed E-state index contributed by atoms with van der Waals surface area (Å²) in [4.78, 5) is 12.3. The van der Waals surface area contributed by atoms with Gasteiger partial charge in [-0.3, -0.25) is 4.79 Å². The van der Waals surface area contributed by atoms with Gasteiger partial charge in [0, 0.05) is 17.9 Å². The van der Waals surface area contributed by atoms with Crippen molar-refractivity contribution in [3.05, 3.63) is 29.8 Å². The zero-order valence-corrected chi connectivity index (χ0v) is 10.8. The molecule has 2 nitrogen and oxygen atoms in total. The molecule has 0 saturated heterocycles. The van der Waals surface area contributed by atoms with E-state index < -0.39 is 0 Å². The molecule has 1 aromatic rings. The molecule has 0 bridgehead atoms. The number of hydrogen-bond acceptors (Lipinski definition) is 2. The molecule has 0 aromatic heterocycles. The van der Waals surface area contributed by atoms with Crippen molar-refractivity contribution in [2.45, 2.75) is 31.6 Å². The van der Waals surface area contributed by atoms with E-state index in [1.54, 1.807) is 0 Å². The fourth-order valence-electron chi connectivity index (χ4n) is 1.39. The van der Waals surface area contributed by atoms with E-state index in [0.29, 0.717) is 6.42 Å². The minimum absolute atomic E-state index is 0.123. The van der Waals surface area contributed by atoms with Gasteiger partial charge in [-0.15, -0.1) is 11.8 Å². The highest BCUT2D eigenvalue weighted by Crippen LogP contribution is 2.17. The molecule has 0 fully saturated rings. The van der Waals surface area contributed by atoms with Crippen molar-refractivity contribution in [1.29, 1.82) is 0 Å². The molecular formula is C13H19NOS. The third kappa shape index (κ3) is 4.71. The van der Waals surface area contributed by atoms with E-state index in [2.05, 4.69) is 36.5 Å². The minimum atomic E-state index is 0.123. The summed E-state index contributed by atoms with van der Waals surface area (Å²) in [6.45, 7) is 4.75. The SMILES string of the molecule is CCSc1ccc(CCNC(=O)CC)cc1. The first-order valence-corrected chi connectivity index (χ1v) is 6.73. The van der Waals surface area contributed by atoms with Crippen LogP contribution >= 0.6 is 11.8 Å². The average Bonchev–Trinajstić information content (AvgIpc) is 2.31. The molecule has 3 heteroatoms. The molecule has 0 saturated carbocycles. The zero-order valence-electron chi connectivity index (χ0n) is 9.95. The minimum Gasteiger partial charge on any atom is -0.356 e. The van der Waals surface area contributed by atoms with Gasteiger partial charge in [-0.1, -0.05) is 26.0 Å². The molecule has 0 aliphatic rings. The molecule has 0 aliphatic heterocycles. The van der Waals surface area contributed by atoms with Crippen LogP contribution in [0.5, 0.6) is 0 Å². The number of rotatable bonds is 6. The van der Waals surface area contributed by atoms with Crippen LogP contribution in [0.1, 0.15) is 25.8 Å². The van der Waals surface area contributed by atoms with E-state index in [1.807, 2.05) is 18.7 Å². The van der Waals surface area contributed by atoms with E-state index in [9.17, 15) is 4.79 Å². The van der Waals surface area contributed by atoms with Crippen LogP contribution in [0.25, 0.3) is 0 Å². The number of hydrogen-bond donors (Lipinski definition) is 1. The molecule has 1 amide bonds. The highest BCUT2D eigenvalue weighted by molar-refractivity contribution is 7.99. The van der Waals surface area contributed by atoms with Crippen molar-refractivity contribution < 1.29 is 4.79 Å². The lowest BCUT2D eigenvalue weighted by molar-refractivity contribution is -0.120. The Bertz CT molecular complexity index is 321. The highest BCUT2D eigenvalue weighted by atomic mass is 32.2. The summed E-state index contributed by atoms with van der Waals surface area (Å²) in [7, 11) is 0. The normalized spacial score (nSPS) is 10.1. The van der Waals surface area contributed by atoms with Crippen molar-refractivity contribution in [3.63, 3.8) is 0 Å². The lowest BCUT2D eigenvalue weighted by Crippen LogP contribution is -2.24. The number of amides is 1. The summed E-state index contributed by atoms with van der Waals surface area (Å²) in [5.41, 5.74) is 1.27. The Morgan fingerprint density at radius 2 is 1.94 bits per heavy atom. The predicted octanol–water partition coefficient (Wildman–Crippen LogP) is 2.87. The maximum Gasteiger partial charge on any atom is 0.219 e. The van der Waals surface area contributed by atoms with E-state index in [4.69, 9.17) is 0 Å². The van der Waals surface area contributed by atoms with Crippen LogP contribution in [0.4, 0.5) is 0 Å². The molecule has 0 radical (unpaired) electrons. The smallest absolute Gasteiger partial charge is 0.219 e. The van der Waals surface area contributed by atoms with Gasteiger partial charge in [-0.2, -0.15) is 0 Å². The van der Waals surface area contributed by atoms with Crippen molar-refractivity contribution >= 4 is 17.7 Å². The number of benzene rings is 1. The van der Waals surface area contributed by atoms with Crippen LogP contribution in [-0.4, -0.2) is 18.2 Å². The van der Waals surface area contributed by atoms with Gasteiger partial charge in [0.2, 0.25) is 5.91 Å². The molecule has 1 aromatic carbocycles. The summed E-state index contributed by atoms with van der Waals surface area (Å²) in [6.07, 6.45) is 1.47. The van der Waals surface area contributed by atoms with Gasteiger partial charge >= 0.3 is 0 Å². The molecule has 0 aliphatic carbocycles. The van der Waals surface area contributed by atoms with Crippen molar-refractivity contribution in [1.82, 2.24) is 5.32 Å². The van der Waals surface area contributed by atoms with Crippen LogP contribution in [0.2, 0.25) is 0 Å². The second kappa shape index (κ2) is 7.34. The quantitative estimate of drug-likeness (QED) is 0.771. The first-order valence-electron chi connectivity index (χ1n) is 5.74. The molecule has 0 unspecified atom stereocenters. The highest BCUT2D eigenvalue weighted by Gasteiger charge is 1.97. The van der Waals surface area contributed by atoms with Crippen LogP contribution < -0.4 is 5.32 Å². The standard InChI is InChI=1S/C13H19NOS/c1-3-13(15)14-10-9-11-5-7-12(8-6-11)16-4-2/h5-8H,3-4,9-10H2,1-2H3,(H,14,15). The van der Waals surface area contributed by atoms with Crippen molar-refractivity contribution in [3.8, 4) is 0 Å². The number of thioether (sulfide) groups is 1. The number of carbonyl (C=O) groups excluding carboxylic acids is 1. The lowest BCUT2D eigenvalue weighted by atomic mass is 10.1. The number of carbonyl (C=O) groups is 1. The zero-order chi connectivity index (χ0) is 11.8.